The minimum atomic E-state index is -0.226. The highest BCUT2D eigenvalue weighted by atomic mass is 16.3. The van der Waals surface area contributed by atoms with Crippen LogP contribution in [0.5, 0.6) is 0 Å². The number of amides is 1. The van der Waals surface area contributed by atoms with Gasteiger partial charge in [-0.3, -0.25) is 4.79 Å². The van der Waals surface area contributed by atoms with Crippen molar-refractivity contribution in [3.05, 3.63) is 41.2 Å². The second-order valence-electron chi connectivity index (χ2n) is 9.73. The zero-order valence-electron chi connectivity index (χ0n) is 20.4. The SMILES string of the molecule is CCCCCCc1cccc(-c2nc(CO)c(C(=O)N3CCC(N4CCCC4)CC3)n2C)c1. The van der Waals surface area contributed by atoms with Gasteiger partial charge in [0, 0.05) is 31.7 Å². The lowest BCUT2D eigenvalue weighted by Crippen LogP contribution is -2.46. The van der Waals surface area contributed by atoms with E-state index in [0.717, 1.165) is 43.7 Å². The first-order valence-electron chi connectivity index (χ1n) is 12.9. The van der Waals surface area contributed by atoms with Crippen LogP contribution < -0.4 is 0 Å². The molecule has 1 amide bonds. The van der Waals surface area contributed by atoms with E-state index in [4.69, 9.17) is 4.98 Å². The van der Waals surface area contributed by atoms with Crippen molar-refractivity contribution in [2.24, 2.45) is 7.05 Å². The van der Waals surface area contributed by atoms with Gasteiger partial charge < -0.3 is 19.5 Å². The number of aromatic nitrogens is 2. The third kappa shape index (κ3) is 5.49. The van der Waals surface area contributed by atoms with E-state index in [9.17, 15) is 9.90 Å². The van der Waals surface area contributed by atoms with Crippen molar-refractivity contribution in [2.75, 3.05) is 26.2 Å². The molecule has 2 aliphatic rings. The van der Waals surface area contributed by atoms with Gasteiger partial charge in [-0.05, 0) is 63.2 Å². The zero-order valence-corrected chi connectivity index (χ0v) is 20.4. The number of unbranched alkanes of at least 4 members (excludes halogenated alkanes) is 3. The summed E-state index contributed by atoms with van der Waals surface area (Å²) in [7, 11) is 1.90. The van der Waals surface area contributed by atoms with Crippen molar-refractivity contribution in [1.82, 2.24) is 19.4 Å². The van der Waals surface area contributed by atoms with Crippen LogP contribution in [0.1, 0.15) is 80.0 Å². The van der Waals surface area contributed by atoms with Gasteiger partial charge in [0.2, 0.25) is 0 Å². The van der Waals surface area contributed by atoms with Crippen molar-refractivity contribution < 1.29 is 9.90 Å². The quantitative estimate of drug-likeness (QED) is 0.573. The van der Waals surface area contributed by atoms with Gasteiger partial charge in [0.05, 0.1) is 12.3 Å². The Labute approximate surface area is 198 Å². The minimum Gasteiger partial charge on any atom is -0.390 e. The van der Waals surface area contributed by atoms with Crippen LogP contribution in [0, 0.1) is 0 Å². The molecule has 1 aromatic heterocycles. The van der Waals surface area contributed by atoms with Gasteiger partial charge in [-0.15, -0.1) is 0 Å². The molecule has 2 fully saturated rings. The number of aryl methyl sites for hydroxylation is 1. The van der Waals surface area contributed by atoms with E-state index in [-0.39, 0.29) is 12.5 Å². The fourth-order valence-corrected chi connectivity index (χ4v) is 5.50. The predicted molar refractivity (Wildman–Crippen MR) is 132 cm³/mol. The lowest BCUT2D eigenvalue weighted by Gasteiger charge is -2.36. The van der Waals surface area contributed by atoms with Crippen molar-refractivity contribution in [2.45, 2.75) is 77.4 Å². The van der Waals surface area contributed by atoms with Crippen molar-refractivity contribution in [3.8, 4) is 11.4 Å². The molecule has 0 bridgehead atoms. The van der Waals surface area contributed by atoms with Gasteiger partial charge in [-0.25, -0.2) is 4.98 Å². The molecule has 1 N–H and O–H groups in total. The number of aliphatic hydroxyl groups is 1. The van der Waals surface area contributed by atoms with Crippen molar-refractivity contribution in [3.63, 3.8) is 0 Å². The second kappa shape index (κ2) is 11.3. The summed E-state index contributed by atoms with van der Waals surface area (Å²) in [4.78, 5) is 22.7. The number of benzene rings is 1. The molecule has 0 unspecified atom stereocenters. The Hall–Kier alpha value is -2.18. The summed E-state index contributed by atoms with van der Waals surface area (Å²) in [6.45, 7) is 5.97. The van der Waals surface area contributed by atoms with Gasteiger partial charge >= 0.3 is 0 Å². The Balaban J connectivity index is 1.48. The van der Waals surface area contributed by atoms with Crippen molar-refractivity contribution >= 4 is 5.91 Å². The van der Waals surface area contributed by atoms with Crippen LogP contribution >= 0.6 is 0 Å². The highest BCUT2D eigenvalue weighted by Crippen LogP contribution is 2.27. The largest absolute Gasteiger partial charge is 0.390 e. The molecule has 0 atom stereocenters. The van der Waals surface area contributed by atoms with Crippen LogP contribution in [0.15, 0.2) is 24.3 Å². The molecule has 1 aromatic carbocycles. The molecule has 0 radical (unpaired) electrons. The van der Waals surface area contributed by atoms with Crippen LogP contribution in [0.2, 0.25) is 0 Å². The third-order valence-corrected chi connectivity index (χ3v) is 7.43. The Bertz CT molecular complexity index is 924. The Morgan fingerprint density at radius 3 is 2.55 bits per heavy atom. The number of imidazole rings is 1. The molecule has 180 valence electrons. The van der Waals surface area contributed by atoms with Crippen LogP contribution in [0.3, 0.4) is 0 Å². The van der Waals surface area contributed by atoms with E-state index in [1.54, 1.807) is 0 Å². The lowest BCUT2D eigenvalue weighted by molar-refractivity contribution is 0.0632. The average Bonchev–Trinajstić information content (AvgIpc) is 3.50. The third-order valence-electron chi connectivity index (χ3n) is 7.43. The van der Waals surface area contributed by atoms with Gasteiger partial charge in [0.1, 0.15) is 11.5 Å². The van der Waals surface area contributed by atoms with E-state index in [2.05, 4.69) is 36.1 Å². The summed E-state index contributed by atoms with van der Waals surface area (Å²) >= 11 is 0. The molecular formula is C27H40N4O2. The smallest absolute Gasteiger partial charge is 0.272 e. The average molecular weight is 453 g/mol. The summed E-state index contributed by atoms with van der Waals surface area (Å²) in [5.41, 5.74) is 3.31. The Kier molecular flexibility index (Phi) is 8.20. The fraction of sp³-hybridized carbons (Fsp3) is 0.630. The highest BCUT2D eigenvalue weighted by Gasteiger charge is 2.31. The molecule has 6 heteroatoms. The Morgan fingerprint density at radius 2 is 1.85 bits per heavy atom. The molecule has 0 spiro atoms. The van der Waals surface area contributed by atoms with E-state index >= 15 is 0 Å². The maximum atomic E-state index is 13.5. The molecular weight excluding hydrogens is 412 g/mol. The van der Waals surface area contributed by atoms with Crippen LogP contribution in [-0.2, 0) is 20.1 Å². The molecule has 0 aliphatic carbocycles. The first-order chi connectivity index (χ1) is 16.1. The van der Waals surface area contributed by atoms with E-state index < -0.39 is 0 Å². The number of piperidine rings is 1. The molecule has 6 nitrogen and oxygen atoms in total. The standard InChI is InChI=1S/C27H40N4O2/c1-3-4-5-6-10-21-11-9-12-22(19-21)26-28-24(20-32)25(29(26)2)27(33)31-17-13-23(14-18-31)30-15-7-8-16-30/h9,11-12,19,23,32H,3-8,10,13-18,20H2,1-2H3. The van der Waals surface area contributed by atoms with Crippen LogP contribution in [0.4, 0.5) is 0 Å². The summed E-state index contributed by atoms with van der Waals surface area (Å²) < 4.78 is 1.89. The maximum absolute atomic E-state index is 13.5. The molecule has 2 saturated heterocycles. The fourth-order valence-electron chi connectivity index (χ4n) is 5.50. The van der Waals surface area contributed by atoms with E-state index in [1.165, 1.54) is 57.2 Å². The number of rotatable bonds is 9. The van der Waals surface area contributed by atoms with E-state index in [0.29, 0.717) is 17.4 Å². The first kappa shape index (κ1) is 24.0. The number of carbonyl (C=O) groups is 1. The van der Waals surface area contributed by atoms with Gasteiger partial charge in [-0.2, -0.15) is 0 Å². The van der Waals surface area contributed by atoms with Crippen LogP contribution in [-0.4, -0.2) is 62.6 Å². The first-order valence-corrected chi connectivity index (χ1v) is 12.9. The number of hydrogen-bond donors (Lipinski definition) is 1. The summed E-state index contributed by atoms with van der Waals surface area (Å²) in [6.07, 6.45) is 10.7. The zero-order chi connectivity index (χ0) is 23.2. The van der Waals surface area contributed by atoms with Gasteiger partial charge in [0.15, 0.2) is 0 Å². The lowest BCUT2D eigenvalue weighted by atomic mass is 10.0. The molecule has 2 aromatic rings. The predicted octanol–water partition coefficient (Wildman–Crippen LogP) is 4.40. The molecule has 4 rings (SSSR count). The normalized spacial score (nSPS) is 17.7. The van der Waals surface area contributed by atoms with Gasteiger partial charge in [-0.1, -0.05) is 44.4 Å². The van der Waals surface area contributed by atoms with Crippen LogP contribution in [0.25, 0.3) is 11.4 Å². The number of hydrogen-bond acceptors (Lipinski definition) is 4. The Morgan fingerprint density at radius 1 is 1.09 bits per heavy atom. The van der Waals surface area contributed by atoms with Crippen molar-refractivity contribution in [1.29, 1.82) is 0 Å². The number of aliphatic hydroxyl groups excluding tert-OH is 1. The summed E-state index contributed by atoms with van der Waals surface area (Å²) in [6, 6.07) is 9.08. The monoisotopic (exact) mass is 452 g/mol. The summed E-state index contributed by atoms with van der Waals surface area (Å²) in [5, 5.41) is 10.0. The number of likely N-dealkylation sites (tertiary alicyclic amines) is 2. The highest BCUT2D eigenvalue weighted by molar-refractivity contribution is 5.94. The topological polar surface area (TPSA) is 61.6 Å². The summed E-state index contributed by atoms with van der Waals surface area (Å²) in [5.74, 6) is 0.751. The number of nitrogens with zero attached hydrogens (tertiary/aromatic N) is 4. The molecule has 33 heavy (non-hydrogen) atoms. The second-order valence-corrected chi connectivity index (χ2v) is 9.73. The number of carbonyl (C=O) groups excluding carboxylic acids is 1. The minimum absolute atomic E-state index is 0.00380. The molecule has 3 heterocycles. The maximum Gasteiger partial charge on any atom is 0.272 e. The van der Waals surface area contributed by atoms with E-state index in [1.807, 2.05) is 16.5 Å². The van der Waals surface area contributed by atoms with Gasteiger partial charge in [0.25, 0.3) is 5.91 Å². The molecule has 2 aliphatic heterocycles. The molecule has 0 saturated carbocycles.